The number of hydrogen-bond donors (Lipinski definition) is 1. The zero-order valence-electron chi connectivity index (χ0n) is 21.2. The van der Waals surface area contributed by atoms with Crippen molar-refractivity contribution in [2.75, 3.05) is 13.7 Å². The van der Waals surface area contributed by atoms with Crippen LogP contribution in [0.5, 0.6) is 0 Å². The van der Waals surface area contributed by atoms with Crippen molar-refractivity contribution in [2.24, 2.45) is 5.92 Å². The highest BCUT2D eigenvalue weighted by atomic mass is 16.5. The van der Waals surface area contributed by atoms with Gasteiger partial charge >= 0.3 is 0 Å². The molecule has 0 aliphatic carbocycles. The first-order valence-corrected chi connectivity index (χ1v) is 12.0. The number of rotatable bonds is 10. The van der Waals surface area contributed by atoms with Gasteiger partial charge in [-0.25, -0.2) is 4.68 Å². The molecule has 4 aromatic rings. The van der Waals surface area contributed by atoms with Gasteiger partial charge in [0.25, 0.3) is 5.56 Å². The minimum absolute atomic E-state index is 0.0676. The topological polar surface area (TPSA) is 88.9 Å². The molecule has 0 radical (unpaired) electrons. The van der Waals surface area contributed by atoms with Crippen LogP contribution in [0.1, 0.15) is 48.0 Å². The molecular formula is C27H34N6O2. The summed E-state index contributed by atoms with van der Waals surface area (Å²) in [6.07, 6.45) is 0. The van der Waals surface area contributed by atoms with Crippen molar-refractivity contribution in [1.82, 2.24) is 30.1 Å². The van der Waals surface area contributed by atoms with Gasteiger partial charge in [0.2, 0.25) is 0 Å². The Labute approximate surface area is 205 Å². The van der Waals surface area contributed by atoms with E-state index in [0.717, 1.165) is 39.0 Å². The Balaban J connectivity index is 1.77. The van der Waals surface area contributed by atoms with Crippen molar-refractivity contribution in [2.45, 2.75) is 53.4 Å². The fourth-order valence-corrected chi connectivity index (χ4v) is 4.77. The number of benzene rings is 2. The minimum atomic E-state index is -0.101. The molecule has 1 atom stereocenters. The summed E-state index contributed by atoms with van der Waals surface area (Å²) in [5.74, 6) is 0.979. The molecule has 0 bridgehead atoms. The van der Waals surface area contributed by atoms with Crippen LogP contribution in [0.25, 0.3) is 10.9 Å². The van der Waals surface area contributed by atoms with Gasteiger partial charge < -0.3 is 9.72 Å². The highest BCUT2D eigenvalue weighted by Crippen LogP contribution is 2.30. The van der Waals surface area contributed by atoms with E-state index in [1.54, 1.807) is 7.11 Å². The van der Waals surface area contributed by atoms with Gasteiger partial charge in [-0.3, -0.25) is 9.69 Å². The minimum Gasteiger partial charge on any atom is -0.383 e. The summed E-state index contributed by atoms with van der Waals surface area (Å²) >= 11 is 0. The van der Waals surface area contributed by atoms with Crippen LogP contribution < -0.4 is 5.56 Å². The van der Waals surface area contributed by atoms with Gasteiger partial charge in [0.1, 0.15) is 0 Å². The summed E-state index contributed by atoms with van der Waals surface area (Å²) in [7, 11) is 1.67. The van der Waals surface area contributed by atoms with E-state index in [1.165, 1.54) is 0 Å². The van der Waals surface area contributed by atoms with Crippen LogP contribution in [-0.2, 0) is 24.4 Å². The van der Waals surface area contributed by atoms with Crippen LogP contribution in [0.3, 0.4) is 0 Å². The zero-order chi connectivity index (χ0) is 24.9. The van der Waals surface area contributed by atoms with Gasteiger partial charge in [-0.05, 0) is 59.0 Å². The standard InChI is InChI=1S/C27H34N6O2/c1-18(2)25(26-29-30-31-33(26)11-12-35-5)32(16-21-9-7-6-8-10-21)17-22-15-23-20(4)13-19(3)14-24(23)28-27(22)34/h6-10,13-15,18,25H,11-12,16-17H2,1-5H3,(H,28,34)/t25-/m1/s1. The second kappa shape index (κ2) is 10.9. The molecule has 0 unspecified atom stereocenters. The Hall–Kier alpha value is -3.36. The predicted octanol–water partition coefficient (Wildman–Crippen LogP) is 4.18. The fourth-order valence-electron chi connectivity index (χ4n) is 4.77. The molecule has 0 fully saturated rings. The molecule has 0 amide bonds. The second-order valence-corrected chi connectivity index (χ2v) is 9.50. The first-order chi connectivity index (χ1) is 16.9. The smallest absolute Gasteiger partial charge is 0.252 e. The first kappa shape index (κ1) is 24.8. The van der Waals surface area contributed by atoms with E-state index >= 15 is 0 Å². The van der Waals surface area contributed by atoms with Gasteiger partial charge in [0.15, 0.2) is 5.82 Å². The fraction of sp³-hybridized carbons (Fsp3) is 0.407. The Morgan fingerprint density at radius 1 is 1.09 bits per heavy atom. The molecule has 8 heteroatoms. The third kappa shape index (κ3) is 5.66. The van der Waals surface area contributed by atoms with Crippen LogP contribution in [0.15, 0.2) is 53.3 Å². The zero-order valence-corrected chi connectivity index (χ0v) is 21.2. The normalized spacial score (nSPS) is 12.7. The maximum absolute atomic E-state index is 13.2. The van der Waals surface area contributed by atoms with Crippen molar-refractivity contribution < 1.29 is 4.74 Å². The largest absolute Gasteiger partial charge is 0.383 e. The van der Waals surface area contributed by atoms with E-state index in [-0.39, 0.29) is 17.5 Å². The van der Waals surface area contributed by atoms with Crippen molar-refractivity contribution >= 4 is 10.9 Å². The molecule has 184 valence electrons. The molecule has 2 aromatic heterocycles. The quantitative estimate of drug-likeness (QED) is 0.371. The van der Waals surface area contributed by atoms with E-state index in [0.29, 0.717) is 26.2 Å². The van der Waals surface area contributed by atoms with Crippen LogP contribution >= 0.6 is 0 Å². The number of H-pyrrole nitrogens is 1. The third-order valence-electron chi connectivity index (χ3n) is 6.35. The molecule has 0 saturated carbocycles. The molecule has 1 N–H and O–H groups in total. The number of nitrogens with one attached hydrogen (secondary N) is 1. The Kier molecular flexibility index (Phi) is 7.73. The van der Waals surface area contributed by atoms with Crippen molar-refractivity contribution in [3.63, 3.8) is 0 Å². The second-order valence-electron chi connectivity index (χ2n) is 9.50. The monoisotopic (exact) mass is 474 g/mol. The molecule has 0 saturated heterocycles. The lowest BCUT2D eigenvalue weighted by molar-refractivity contribution is 0.121. The molecule has 4 rings (SSSR count). The van der Waals surface area contributed by atoms with Gasteiger partial charge in [0.05, 0.1) is 19.2 Å². The van der Waals surface area contributed by atoms with Gasteiger partial charge in [-0.2, -0.15) is 0 Å². The van der Waals surface area contributed by atoms with E-state index in [4.69, 9.17) is 4.74 Å². The lowest BCUT2D eigenvalue weighted by Crippen LogP contribution is -2.35. The van der Waals surface area contributed by atoms with Crippen LogP contribution in [0.2, 0.25) is 0 Å². The van der Waals surface area contributed by atoms with Crippen LogP contribution in [0.4, 0.5) is 0 Å². The molecule has 8 nitrogen and oxygen atoms in total. The summed E-state index contributed by atoms with van der Waals surface area (Å²) in [6.45, 7) is 10.7. The number of methoxy groups -OCH3 is 1. The third-order valence-corrected chi connectivity index (χ3v) is 6.35. The average Bonchev–Trinajstić information content (AvgIpc) is 3.27. The first-order valence-electron chi connectivity index (χ1n) is 12.0. The summed E-state index contributed by atoms with van der Waals surface area (Å²) in [6, 6.07) is 16.4. The van der Waals surface area contributed by atoms with Crippen LogP contribution in [0, 0.1) is 19.8 Å². The van der Waals surface area contributed by atoms with E-state index in [2.05, 4.69) is 64.4 Å². The van der Waals surface area contributed by atoms with Crippen molar-refractivity contribution in [3.05, 3.63) is 87.0 Å². The molecule has 0 aliphatic rings. The highest BCUT2D eigenvalue weighted by molar-refractivity contribution is 5.83. The number of fused-ring (bicyclic) bond motifs is 1. The molecular weight excluding hydrogens is 440 g/mol. The maximum Gasteiger partial charge on any atom is 0.252 e. The Bertz CT molecular complexity index is 1330. The summed E-state index contributed by atoms with van der Waals surface area (Å²) in [5.41, 5.74) is 4.97. The lowest BCUT2D eigenvalue weighted by Gasteiger charge is -2.33. The number of aromatic amines is 1. The van der Waals surface area contributed by atoms with E-state index in [9.17, 15) is 4.79 Å². The molecule has 0 aliphatic heterocycles. The van der Waals surface area contributed by atoms with Gasteiger partial charge in [-0.1, -0.05) is 50.2 Å². The molecule has 0 spiro atoms. The molecule has 2 aromatic carbocycles. The maximum atomic E-state index is 13.2. The summed E-state index contributed by atoms with van der Waals surface area (Å²) in [5, 5.41) is 13.7. The molecule has 2 heterocycles. The average molecular weight is 475 g/mol. The van der Waals surface area contributed by atoms with Crippen molar-refractivity contribution in [1.29, 1.82) is 0 Å². The molecule has 35 heavy (non-hydrogen) atoms. The number of nitrogens with zero attached hydrogens (tertiary/aromatic N) is 5. The number of ether oxygens (including phenoxy) is 1. The summed E-state index contributed by atoms with van der Waals surface area (Å²) in [4.78, 5) is 18.6. The summed E-state index contributed by atoms with van der Waals surface area (Å²) < 4.78 is 7.07. The van der Waals surface area contributed by atoms with Gasteiger partial charge in [-0.15, -0.1) is 5.10 Å². The van der Waals surface area contributed by atoms with Crippen molar-refractivity contribution in [3.8, 4) is 0 Å². The Morgan fingerprint density at radius 2 is 1.86 bits per heavy atom. The lowest BCUT2D eigenvalue weighted by atomic mass is 9.99. The van der Waals surface area contributed by atoms with E-state index in [1.807, 2.05) is 41.9 Å². The Morgan fingerprint density at radius 3 is 2.57 bits per heavy atom. The number of tetrazole rings is 1. The number of pyridine rings is 1. The SMILES string of the molecule is COCCn1nnnc1[C@@H](C(C)C)N(Cc1ccccc1)Cc1cc2c(C)cc(C)cc2[nH]c1=O. The highest BCUT2D eigenvalue weighted by Gasteiger charge is 2.30. The van der Waals surface area contributed by atoms with Crippen LogP contribution in [-0.4, -0.2) is 43.8 Å². The number of hydrogen-bond acceptors (Lipinski definition) is 6. The van der Waals surface area contributed by atoms with E-state index < -0.39 is 0 Å². The van der Waals surface area contributed by atoms with Gasteiger partial charge in [0, 0.05) is 36.7 Å². The predicted molar refractivity (Wildman–Crippen MR) is 137 cm³/mol. The number of aromatic nitrogens is 5. The number of aryl methyl sites for hydroxylation is 2.